The third kappa shape index (κ3) is 4.84. The Bertz CT molecular complexity index is 54.5. The minimum absolute atomic E-state index is 0.125. The molecule has 8 heavy (non-hydrogen) atoms. The Labute approximate surface area is 64.6 Å². The van der Waals surface area contributed by atoms with Crippen LogP contribution in [0.5, 0.6) is 0 Å². The van der Waals surface area contributed by atoms with E-state index in [2.05, 4.69) is 29.5 Å². The van der Waals surface area contributed by atoms with Crippen molar-refractivity contribution in [2.24, 2.45) is 5.92 Å². The second kappa shape index (κ2) is 4.56. The van der Waals surface area contributed by atoms with E-state index in [-0.39, 0.29) is 6.10 Å². The van der Waals surface area contributed by atoms with Gasteiger partial charge in [0.2, 0.25) is 0 Å². The molecule has 1 nitrogen and oxygen atoms in total. The van der Waals surface area contributed by atoms with Gasteiger partial charge in [-0.05, 0) is 19.3 Å². The molecule has 0 amide bonds. The van der Waals surface area contributed by atoms with Gasteiger partial charge in [-0.2, -0.15) is 0 Å². The number of aliphatic hydroxyl groups is 1. The average molecular weight is 228 g/mol. The van der Waals surface area contributed by atoms with Gasteiger partial charge < -0.3 is 5.11 Å². The Morgan fingerprint density at radius 2 is 2.00 bits per heavy atom. The van der Waals surface area contributed by atoms with E-state index in [1.807, 2.05) is 6.92 Å². The molecule has 0 aromatic carbocycles. The first-order valence-electron chi connectivity index (χ1n) is 2.90. The summed E-state index contributed by atoms with van der Waals surface area (Å²) in [4.78, 5) is 0. The van der Waals surface area contributed by atoms with Crippen molar-refractivity contribution in [2.45, 2.75) is 26.4 Å². The largest absolute Gasteiger partial charge is 0.393 e. The minimum Gasteiger partial charge on any atom is -0.393 e. The number of rotatable bonds is 3. The highest BCUT2D eigenvalue weighted by Crippen LogP contribution is 2.07. The quantitative estimate of drug-likeness (QED) is 0.577. The zero-order chi connectivity index (χ0) is 6.57. The van der Waals surface area contributed by atoms with Gasteiger partial charge in [0, 0.05) is 4.43 Å². The van der Waals surface area contributed by atoms with Crippen molar-refractivity contribution in [3.63, 3.8) is 0 Å². The molecule has 0 saturated carbocycles. The summed E-state index contributed by atoms with van der Waals surface area (Å²) in [6.07, 6.45) is 0.808. The van der Waals surface area contributed by atoms with Crippen molar-refractivity contribution in [3.05, 3.63) is 0 Å². The molecule has 0 bridgehead atoms. The van der Waals surface area contributed by atoms with E-state index in [0.717, 1.165) is 10.8 Å². The first-order valence-corrected chi connectivity index (χ1v) is 4.43. The number of hydrogen-bond acceptors (Lipinski definition) is 1. The SMILES string of the molecule is CC(O)CC(C)CI. The second-order valence-corrected chi connectivity index (χ2v) is 3.22. The summed E-state index contributed by atoms with van der Waals surface area (Å²) in [5.74, 6) is 0.663. The molecule has 1 N–H and O–H groups in total. The van der Waals surface area contributed by atoms with Gasteiger partial charge >= 0.3 is 0 Å². The summed E-state index contributed by atoms with van der Waals surface area (Å²) in [7, 11) is 0. The smallest absolute Gasteiger partial charge is 0.0514 e. The highest BCUT2D eigenvalue weighted by molar-refractivity contribution is 14.1. The normalized spacial score (nSPS) is 18.0. The summed E-state index contributed by atoms with van der Waals surface area (Å²) in [6.45, 7) is 3.99. The van der Waals surface area contributed by atoms with E-state index in [0.29, 0.717) is 5.92 Å². The molecule has 2 heteroatoms. The van der Waals surface area contributed by atoms with Crippen LogP contribution < -0.4 is 0 Å². The zero-order valence-electron chi connectivity index (χ0n) is 5.39. The van der Waals surface area contributed by atoms with E-state index in [4.69, 9.17) is 5.11 Å². The van der Waals surface area contributed by atoms with Gasteiger partial charge in [-0.3, -0.25) is 0 Å². The van der Waals surface area contributed by atoms with Crippen LogP contribution in [0, 0.1) is 5.92 Å². The molecule has 0 aromatic heterocycles. The molecule has 50 valence electrons. The molecule has 0 aliphatic heterocycles. The number of hydrogen-bond donors (Lipinski definition) is 1. The number of aliphatic hydroxyl groups excluding tert-OH is 1. The summed E-state index contributed by atoms with van der Waals surface area (Å²) in [5, 5.41) is 8.85. The van der Waals surface area contributed by atoms with Crippen LogP contribution in [0.1, 0.15) is 20.3 Å². The van der Waals surface area contributed by atoms with Crippen LogP contribution in [0.25, 0.3) is 0 Å². The number of alkyl halides is 1. The summed E-state index contributed by atoms with van der Waals surface area (Å²) in [5.41, 5.74) is 0. The van der Waals surface area contributed by atoms with Crippen LogP contribution in [-0.2, 0) is 0 Å². The molecule has 0 heterocycles. The lowest BCUT2D eigenvalue weighted by Gasteiger charge is -2.08. The Kier molecular flexibility index (Phi) is 4.95. The molecule has 0 aromatic rings. The van der Waals surface area contributed by atoms with E-state index < -0.39 is 0 Å². The van der Waals surface area contributed by atoms with Crippen LogP contribution >= 0.6 is 22.6 Å². The topological polar surface area (TPSA) is 20.2 Å². The maximum Gasteiger partial charge on any atom is 0.0514 e. The lowest BCUT2D eigenvalue weighted by molar-refractivity contribution is 0.169. The van der Waals surface area contributed by atoms with Gasteiger partial charge in [-0.15, -0.1) is 0 Å². The third-order valence-corrected chi connectivity index (χ3v) is 2.51. The fourth-order valence-electron chi connectivity index (χ4n) is 0.645. The van der Waals surface area contributed by atoms with E-state index in [1.165, 1.54) is 0 Å². The van der Waals surface area contributed by atoms with Gasteiger partial charge in [0.15, 0.2) is 0 Å². The highest BCUT2D eigenvalue weighted by atomic mass is 127. The van der Waals surface area contributed by atoms with Crippen molar-refractivity contribution in [1.82, 2.24) is 0 Å². The first-order chi connectivity index (χ1) is 3.66. The van der Waals surface area contributed by atoms with Gasteiger partial charge in [-0.1, -0.05) is 29.5 Å². The lowest BCUT2D eigenvalue weighted by Crippen LogP contribution is -2.07. The summed E-state index contributed by atoms with van der Waals surface area (Å²) in [6, 6.07) is 0. The van der Waals surface area contributed by atoms with Crippen molar-refractivity contribution >= 4 is 22.6 Å². The van der Waals surface area contributed by atoms with Crippen molar-refractivity contribution in [3.8, 4) is 0 Å². The molecule has 2 unspecified atom stereocenters. The molecule has 0 fully saturated rings. The molecule has 2 atom stereocenters. The Morgan fingerprint density at radius 1 is 1.50 bits per heavy atom. The fraction of sp³-hybridized carbons (Fsp3) is 1.00. The monoisotopic (exact) mass is 228 g/mol. The zero-order valence-corrected chi connectivity index (χ0v) is 7.55. The lowest BCUT2D eigenvalue weighted by atomic mass is 10.1. The second-order valence-electron chi connectivity index (χ2n) is 2.34. The van der Waals surface area contributed by atoms with E-state index in [9.17, 15) is 0 Å². The Hall–Kier alpha value is 0.690. The predicted molar refractivity (Wildman–Crippen MR) is 44.3 cm³/mol. The van der Waals surface area contributed by atoms with Crippen molar-refractivity contribution < 1.29 is 5.11 Å². The Balaban J connectivity index is 3.10. The maximum atomic E-state index is 8.85. The molecular weight excluding hydrogens is 215 g/mol. The van der Waals surface area contributed by atoms with Crippen LogP contribution in [0.4, 0.5) is 0 Å². The molecule has 0 radical (unpaired) electrons. The predicted octanol–water partition coefficient (Wildman–Crippen LogP) is 1.83. The maximum absolute atomic E-state index is 8.85. The minimum atomic E-state index is -0.125. The van der Waals surface area contributed by atoms with Gasteiger partial charge in [0.05, 0.1) is 6.10 Å². The molecule has 0 saturated heterocycles. The van der Waals surface area contributed by atoms with Gasteiger partial charge in [-0.25, -0.2) is 0 Å². The van der Waals surface area contributed by atoms with Crippen LogP contribution in [0.3, 0.4) is 0 Å². The summed E-state index contributed by atoms with van der Waals surface area (Å²) >= 11 is 2.34. The van der Waals surface area contributed by atoms with Gasteiger partial charge in [0.1, 0.15) is 0 Å². The average Bonchev–Trinajstić information content (AvgIpc) is 1.65. The first kappa shape index (κ1) is 8.69. The number of halogens is 1. The highest BCUT2D eigenvalue weighted by Gasteiger charge is 2.02. The van der Waals surface area contributed by atoms with Crippen molar-refractivity contribution in [1.29, 1.82) is 0 Å². The molecular formula is C6H13IO. The third-order valence-electron chi connectivity index (χ3n) is 1.01. The summed E-state index contributed by atoms with van der Waals surface area (Å²) < 4.78 is 1.14. The van der Waals surface area contributed by atoms with E-state index in [1.54, 1.807) is 0 Å². The van der Waals surface area contributed by atoms with Gasteiger partial charge in [0.25, 0.3) is 0 Å². The standard InChI is InChI=1S/C6H13IO/c1-5(4-7)3-6(2)8/h5-6,8H,3-4H2,1-2H3. The van der Waals surface area contributed by atoms with Crippen LogP contribution in [0.15, 0.2) is 0 Å². The van der Waals surface area contributed by atoms with Crippen LogP contribution in [-0.4, -0.2) is 15.6 Å². The molecule has 0 rings (SSSR count). The Morgan fingerprint density at radius 3 is 2.12 bits per heavy atom. The van der Waals surface area contributed by atoms with E-state index >= 15 is 0 Å². The molecule has 0 spiro atoms. The van der Waals surface area contributed by atoms with Crippen LogP contribution in [0.2, 0.25) is 0 Å². The fourth-order valence-corrected chi connectivity index (χ4v) is 1.00. The molecule has 0 aliphatic carbocycles. The molecule has 0 aliphatic rings. The van der Waals surface area contributed by atoms with Crippen molar-refractivity contribution in [2.75, 3.05) is 4.43 Å².